The standard InChI is InChI=1S/C17H25NO2/c1-13-6-5-7-14(12-13)10-11-17(20)18(2)15-8-3-4-9-16(15)19/h5-7,12,15-16,19H,3-4,8-11H2,1-2H3. The highest BCUT2D eigenvalue weighted by Crippen LogP contribution is 2.23. The number of benzene rings is 1. The fraction of sp³-hybridized carbons (Fsp3) is 0.588. The zero-order valence-electron chi connectivity index (χ0n) is 12.5. The Morgan fingerprint density at radius 1 is 1.35 bits per heavy atom. The molecule has 20 heavy (non-hydrogen) atoms. The average molecular weight is 275 g/mol. The number of rotatable bonds is 4. The summed E-state index contributed by atoms with van der Waals surface area (Å²) in [5.41, 5.74) is 2.43. The number of amides is 1. The van der Waals surface area contributed by atoms with Crippen molar-refractivity contribution in [1.29, 1.82) is 0 Å². The number of aryl methyl sites for hydroxylation is 2. The highest BCUT2D eigenvalue weighted by Gasteiger charge is 2.28. The van der Waals surface area contributed by atoms with Gasteiger partial charge in [0.1, 0.15) is 0 Å². The minimum Gasteiger partial charge on any atom is -0.391 e. The Morgan fingerprint density at radius 3 is 2.80 bits per heavy atom. The lowest BCUT2D eigenvalue weighted by Crippen LogP contribution is -2.46. The molecule has 0 aliphatic heterocycles. The topological polar surface area (TPSA) is 40.5 Å². The van der Waals surface area contributed by atoms with Crippen molar-refractivity contribution in [3.63, 3.8) is 0 Å². The van der Waals surface area contributed by atoms with Crippen LogP contribution in [0.1, 0.15) is 43.2 Å². The van der Waals surface area contributed by atoms with Gasteiger partial charge in [-0.3, -0.25) is 4.79 Å². The molecule has 0 radical (unpaired) electrons. The van der Waals surface area contributed by atoms with Gasteiger partial charge in [-0.15, -0.1) is 0 Å². The van der Waals surface area contributed by atoms with Gasteiger partial charge in [-0.1, -0.05) is 42.7 Å². The van der Waals surface area contributed by atoms with Gasteiger partial charge in [0.05, 0.1) is 12.1 Å². The fourth-order valence-corrected chi connectivity index (χ4v) is 3.02. The minimum absolute atomic E-state index is 0.00811. The van der Waals surface area contributed by atoms with E-state index in [9.17, 15) is 9.90 Å². The van der Waals surface area contributed by atoms with Crippen LogP contribution in [0.15, 0.2) is 24.3 Å². The second-order valence-corrected chi connectivity index (χ2v) is 5.91. The fourth-order valence-electron chi connectivity index (χ4n) is 3.02. The first kappa shape index (κ1) is 15.0. The third kappa shape index (κ3) is 3.83. The molecule has 2 atom stereocenters. The molecule has 1 aromatic rings. The van der Waals surface area contributed by atoms with Gasteiger partial charge in [0.15, 0.2) is 0 Å². The minimum atomic E-state index is -0.350. The molecule has 1 N–H and O–H groups in total. The normalized spacial score (nSPS) is 22.6. The monoisotopic (exact) mass is 275 g/mol. The van der Waals surface area contributed by atoms with Crippen molar-refractivity contribution in [3.05, 3.63) is 35.4 Å². The van der Waals surface area contributed by atoms with Crippen LogP contribution >= 0.6 is 0 Å². The molecular formula is C17H25NO2. The lowest BCUT2D eigenvalue weighted by molar-refractivity contribution is -0.135. The first-order valence-electron chi connectivity index (χ1n) is 7.57. The van der Waals surface area contributed by atoms with E-state index in [2.05, 4.69) is 25.1 Å². The van der Waals surface area contributed by atoms with Crippen LogP contribution < -0.4 is 0 Å². The number of nitrogens with zero attached hydrogens (tertiary/aromatic N) is 1. The molecule has 3 nitrogen and oxygen atoms in total. The number of aliphatic hydroxyl groups excluding tert-OH is 1. The number of likely N-dealkylation sites (N-methyl/N-ethyl adjacent to an activating group) is 1. The van der Waals surface area contributed by atoms with Crippen molar-refractivity contribution in [3.8, 4) is 0 Å². The summed E-state index contributed by atoms with van der Waals surface area (Å²) >= 11 is 0. The number of carbonyl (C=O) groups excluding carboxylic acids is 1. The summed E-state index contributed by atoms with van der Waals surface area (Å²) in [4.78, 5) is 14.0. The van der Waals surface area contributed by atoms with E-state index in [0.717, 1.165) is 32.1 Å². The SMILES string of the molecule is Cc1cccc(CCC(=O)N(C)C2CCCCC2O)c1. The molecule has 2 rings (SSSR count). The van der Waals surface area contributed by atoms with Crippen molar-refractivity contribution in [2.45, 2.75) is 57.6 Å². The highest BCUT2D eigenvalue weighted by molar-refractivity contribution is 5.76. The van der Waals surface area contributed by atoms with Gasteiger partial charge in [-0.2, -0.15) is 0 Å². The maximum atomic E-state index is 12.3. The van der Waals surface area contributed by atoms with Crippen LogP contribution in [-0.4, -0.2) is 35.1 Å². The molecule has 0 spiro atoms. The van der Waals surface area contributed by atoms with Gasteiger partial charge in [-0.05, 0) is 31.7 Å². The molecule has 1 saturated carbocycles. The van der Waals surface area contributed by atoms with Gasteiger partial charge in [0.2, 0.25) is 5.91 Å². The quantitative estimate of drug-likeness (QED) is 0.918. The van der Waals surface area contributed by atoms with Gasteiger partial charge >= 0.3 is 0 Å². The molecule has 110 valence electrons. The first-order chi connectivity index (χ1) is 9.58. The Kier molecular flexibility index (Phi) is 5.18. The predicted octanol–water partition coefficient (Wildman–Crippen LogP) is 2.69. The van der Waals surface area contributed by atoms with Crippen molar-refractivity contribution in [2.75, 3.05) is 7.05 Å². The molecular weight excluding hydrogens is 250 g/mol. The summed E-state index contributed by atoms with van der Waals surface area (Å²) < 4.78 is 0. The van der Waals surface area contributed by atoms with E-state index < -0.39 is 0 Å². The number of hydrogen-bond donors (Lipinski definition) is 1. The van der Waals surface area contributed by atoms with Crippen molar-refractivity contribution < 1.29 is 9.90 Å². The van der Waals surface area contributed by atoms with Crippen LogP contribution in [-0.2, 0) is 11.2 Å². The zero-order chi connectivity index (χ0) is 14.5. The summed E-state index contributed by atoms with van der Waals surface area (Å²) in [6.45, 7) is 2.07. The van der Waals surface area contributed by atoms with E-state index in [1.54, 1.807) is 4.90 Å². The second-order valence-electron chi connectivity index (χ2n) is 5.91. The summed E-state index contributed by atoms with van der Waals surface area (Å²) in [7, 11) is 1.83. The Morgan fingerprint density at radius 2 is 2.10 bits per heavy atom. The average Bonchev–Trinajstić information content (AvgIpc) is 2.44. The Bertz CT molecular complexity index is 458. The van der Waals surface area contributed by atoms with Crippen LogP contribution in [0.5, 0.6) is 0 Å². The van der Waals surface area contributed by atoms with Crippen molar-refractivity contribution in [1.82, 2.24) is 4.90 Å². The van der Waals surface area contributed by atoms with Crippen LogP contribution in [0.4, 0.5) is 0 Å². The number of aliphatic hydroxyl groups is 1. The smallest absolute Gasteiger partial charge is 0.222 e. The molecule has 2 unspecified atom stereocenters. The molecule has 0 heterocycles. The van der Waals surface area contributed by atoms with E-state index >= 15 is 0 Å². The molecule has 3 heteroatoms. The Balaban J connectivity index is 1.87. The summed E-state index contributed by atoms with van der Waals surface area (Å²) in [5, 5.41) is 10.0. The van der Waals surface area contributed by atoms with Crippen LogP contribution in [0.25, 0.3) is 0 Å². The molecule has 1 aromatic carbocycles. The predicted molar refractivity (Wildman–Crippen MR) is 80.5 cm³/mol. The van der Waals surface area contributed by atoms with Gasteiger partial charge < -0.3 is 10.0 Å². The third-order valence-electron chi connectivity index (χ3n) is 4.29. The molecule has 0 aromatic heterocycles. The van der Waals surface area contributed by atoms with E-state index in [4.69, 9.17) is 0 Å². The van der Waals surface area contributed by atoms with E-state index in [-0.39, 0.29) is 18.1 Å². The van der Waals surface area contributed by atoms with Gasteiger partial charge in [-0.25, -0.2) is 0 Å². The lowest BCUT2D eigenvalue weighted by Gasteiger charge is -2.35. The first-order valence-corrected chi connectivity index (χ1v) is 7.57. The lowest BCUT2D eigenvalue weighted by atomic mass is 9.91. The van der Waals surface area contributed by atoms with Gasteiger partial charge in [0.25, 0.3) is 0 Å². The van der Waals surface area contributed by atoms with E-state index in [1.165, 1.54) is 11.1 Å². The molecule has 1 aliphatic rings. The zero-order valence-corrected chi connectivity index (χ0v) is 12.5. The van der Waals surface area contributed by atoms with Gasteiger partial charge in [0, 0.05) is 13.5 Å². The second kappa shape index (κ2) is 6.89. The van der Waals surface area contributed by atoms with E-state index in [1.807, 2.05) is 13.1 Å². The molecule has 0 saturated heterocycles. The van der Waals surface area contributed by atoms with Crippen molar-refractivity contribution >= 4 is 5.91 Å². The molecule has 0 bridgehead atoms. The van der Waals surface area contributed by atoms with Crippen LogP contribution in [0.2, 0.25) is 0 Å². The Hall–Kier alpha value is -1.35. The number of hydrogen-bond acceptors (Lipinski definition) is 2. The molecule has 1 fully saturated rings. The summed E-state index contributed by atoms with van der Waals surface area (Å²) in [6, 6.07) is 8.30. The summed E-state index contributed by atoms with van der Waals surface area (Å²) in [5.74, 6) is 0.137. The molecule has 1 aliphatic carbocycles. The summed E-state index contributed by atoms with van der Waals surface area (Å²) in [6.07, 6.45) is 4.86. The molecule has 1 amide bonds. The van der Waals surface area contributed by atoms with E-state index in [0.29, 0.717) is 6.42 Å². The maximum absolute atomic E-state index is 12.3. The Labute approximate surface area is 121 Å². The maximum Gasteiger partial charge on any atom is 0.222 e. The van der Waals surface area contributed by atoms with Crippen LogP contribution in [0, 0.1) is 6.92 Å². The highest BCUT2D eigenvalue weighted by atomic mass is 16.3. The number of carbonyl (C=O) groups is 1. The van der Waals surface area contributed by atoms with Crippen LogP contribution in [0.3, 0.4) is 0 Å². The largest absolute Gasteiger partial charge is 0.391 e. The third-order valence-corrected chi connectivity index (χ3v) is 4.29. The van der Waals surface area contributed by atoms with Crippen molar-refractivity contribution in [2.24, 2.45) is 0 Å².